The van der Waals surface area contributed by atoms with Gasteiger partial charge in [-0.05, 0) is 38.5 Å². The van der Waals surface area contributed by atoms with Gasteiger partial charge in [-0.2, -0.15) is 0 Å². The molecule has 9 heteroatoms. The van der Waals surface area contributed by atoms with Crippen molar-refractivity contribution in [2.45, 2.75) is 33.4 Å². The summed E-state index contributed by atoms with van der Waals surface area (Å²) in [5, 5.41) is 15.2. The van der Waals surface area contributed by atoms with Crippen molar-refractivity contribution in [1.29, 1.82) is 0 Å². The first-order valence-electron chi connectivity index (χ1n) is 10.9. The Morgan fingerprint density at radius 3 is 2.74 bits per heavy atom. The lowest BCUT2D eigenvalue weighted by Gasteiger charge is -2.27. The van der Waals surface area contributed by atoms with Crippen LogP contribution in [0.4, 0.5) is 0 Å². The lowest BCUT2D eigenvalue weighted by atomic mass is 10.2. The summed E-state index contributed by atoms with van der Waals surface area (Å²) in [5.41, 5.74) is 1.18. The Hall–Kier alpha value is -2.65. The second-order valence-electron chi connectivity index (χ2n) is 7.89. The second-order valence-corrected chi connectivity index (χ2v) is 7.89. The minimum Gasteiger partial charge on any atom is -0.489 e. The smallest absolute Gasteiger partial charge is 0.191 e. The Labute approximate surface area is 184 Å². The van der Waals surface area contributed by atoms with Crippen molar-refractivity contribution in [1.82, 2.24) is 30.3 Å². The van der Waals surface area contributed by atoms with Crippen LogP contribution < -0.4 is 15.4 Å². The topological polar surface area (TPSA) is 88.8 Å². The van der Waals surface area contributed by atoms with E-state index < -0.39 is 0 Å². The van der Waals surface area contributed by atoms with Crippen LogP contribution >= 0.6 is 0 Å². The fourth-order valence-corrected chi connectivity index (χ4v) is 3.27. The highest BCUT2D eigenvalue weighted by Crippen LogP contribution is 2.13. The largest absolute Gasteiger partial charge is 0.489 e. The zero-order chi connectivity index (χ0) is 22.1. The molecule has 1 unspecified atom stereocenters. The number of guanidine groups is 1. The normalized spacial score (nSPS) is 16.2. The molecule has 2 N–H and O–H groups in total. The minimum absolute atomic E-state index is 0.00915. The average molecular weight is 430 g/mol. The highest BCUT2D eigenvalue weighted by molar-refractivity contribution is 5.79. The Kier molecular flexibility index (Phi) is 8.66. The van der Waals surface area contributed by atoms with Crippen LogP contribution in [0.1, 0.15) is 24.1 Å². The molecule has 0 radical (unpaired) electrons. The molecule has 2 heterocycles. The number of rotatable bonds is 9. The molecule has 31 heavy (non-hydrogen) atoms. The molecule has 0 bridgehead atoms. The molecule has 0 amide bonds. The Morgan fingerprint density at radius 2 is 2.03 bits per heavy atom. The molecule has 3 rings (SSSR count). The number of aryl methyl sites for hydroxylation is 2. The molecule has 2 aromatic rings. The van der Waals surface area contributed by atoms with Crippen LogP contribution in [0.15, 0.2) is 29.3 Å². The van der Waals surface area contributed by atoms with Crippen LogP contribution in [0.2, 0.25) is 0 Å². The summed E-state index contributed by atoms with van der Waals surface area (Å²) in [6.45, 7) is 12.4. The van der Waals surface area contributed by atoms with Crippen molar-refractivity contribution in [3.63, 3.8) is 0 Å². The molecule has 170 valence electrons. The second kappa shape index (κ2) is 11.7. The van der Waals surface area contributed by atoms with E-state index in [0.717, 1.165) is 62.8 Å². The molecule has 1 aromatic carbocycles. The van der Waals surface area contributed by atoms with Gasteiger partial charge in [0.25, 0.3) is 0 Å². The van der Waals surface area contributed by atoms with Crippen molar-refractivity contribution >= 4 is 5.96 Å². The third-order valence-electron chi connectivity index (χ3n) is 5.27. The third kappa shape index (κ3) is 7.52. The van der Waals surface area contributed by atoms with Gasteiger partial charge in [0, 0.05) is 33.2 Å². The first-order chi connectivity index (χ1) is 15.0. The van der Waals surface area contributed by atoms with E-state index in [-0.39, 0.29) is 6.10 Å². The lowest BCUT2D eigenvalue weighted by Crippen LogP contribution is -2.46. The molecule has 0 aliphatic carbocycles. The van der Waals surface area contributed by atoms with E-state index in [1.807, 2.05) is 43.7 Å². The summed E-state index contributed by atoms with van der Waals surface area (Å²) in [6.07, 6.45) is -0.00915. The van der Waals surface area contributed by atoms with Crippen LogP contribution in [-0.4, -0.2) is 77.7 Å². The third-order valence-corrected chi connectivity index (χ3v) is 5.27. The van der Waals surface area contributed by atoms with Gasteiger partial charge in [-0.15, -0.1) is 10.2 Å². The fourth-order valence-electron chi connectivity index (χ4n) is 3.27. The number of aliphatic imine (C=N–C) groups is 1. The summed E-state index contributed by atoms with van der Waals surface area (Å²) < 4.78 is 13.4. The van der Waals surface area contributed by atoms with E-state index in [9.17, 15) is 0 Å². The molecule has 0 saturated carbocycles. The number of nitrogens with one attached hydrogen (secondary N) is 2. The van der Waals surface area contributed by atoms with Gasteiger partial charge in [-0.1, -0.05) is 12.1 Å². The van der Waals surface area contributed by atoms with Gasteiger partial charge in [0.2, 0.25) is 0 Å². The van der Waals surface area contributed by atoms with Crippen molar-refractivity contribution < 1.29 is 9.47 Å². The summed E-state index contributed by atoms with van der Waals surface area (Å²) in [7, 11) is 1.96. The number of morpholine rings is 1. The van der Waals surface area contributed by atoms with Crippen LogP contribution in [0.3, 0.4) is 0 Å². The molecule has 1 aromatic heterocycles. The highest BCUT2D eigenvalue weighted by Gasteiger charge is 2.11. The molecule has 1 saturated heterocycles. The SMILES string of the molecule is Cc1cccc(OC(C)CNC(=NCc2nnc(C)n2C)NCCN2CCOCC2)c1. The van der Waals surface area contributed by atoms with Crippen LogP contribution in [0, 0.1) is 13.8 Å². The van der Waals surface area contributed by atoms with Gasteiger partial charge in [-0.25, -0.2) is 4.99 Å². The number of hydrogen-bond donors (Lipinski definition) is 2. The average Bonchev–Trinajstić information content (AvgIpc) is 3.08. The molecule has 1 aliphatic rings. The van der Waals surface area contributed by atoms with E-state index in [4.69, 9.17) is 14.5 Å². The quantitative estimate of drug-likeness (QED) is 0.458. The Morgan fingerprint density at radius 1 is 1.23 bits per heavy atom. The minimum atomic E-state index is -0.00915. The first-order valence-corrected chi connectivity index (χ1v) is 10.9. The predicted octanol–water partition coefficient (Wildman–Crippen LogP) is 1.27. The maximum Gasteiger partial charge on any atom is 0.191 e. The van der Waals surface area contributed by atoms with E-state index >= 15 is 0 Å². The predicted molar refractivity (Wildman–Crippen MR) is 121 cm³/mol. The van der Waals surface area contributed by atoms with Crippen LogP contribution in [0.5, 0.6) is 5.75 Å². The monoisotopic (exact) mass is 429 g/mol. The number of hydrogen-bond acceptors (Lipinski definition) is 6. The Bertz CT molecular complexity index is 846. The summed E-state index contributed by atoms with van der Waals surface area (Å²) >= 11 is 0. The van der Waals surface area contributed by atoms with Crippen molar-refractivity contribution in [3.05, 3.63) is 41.5 Å². The van der Waals surface area contributed by atoms with Crippen molar-refractivity contribution in [2.75, 3.05) is 45.9 Å². The standard InChI is InChI=1S/C22H35N7O2/c1-17-6-5-7-20(14-17)31-18(2)15-24-22(23-8-9-29-10-12-30-13-11-29)25-16-21-27-26-19(3)28(21)4/h5-7,14,18H,8-13,15-16H2,1-4H3,(H2,23,24,25). The van der Waals surface area contributed by atoms with Gasteiger partial charge in [0.05, 0.1) is 19.8 Å². The van der Waals surface area contributed by atoms with E-state index in [0.29, 0.717) is 13.1 Å². The van der Waals surface area contributed by atoms with Crippen molar-refractivity contribution in [2.24, 2.45) is 12.0 Å². The van der Waals surface area contributed by atoms with Gasteiger partial charge in [0.1, 0.15) is 24.2 Å². The summed E-state index contributed by atoms with van der Waals surface area (Å²) in [4.78, 5) is 7.11. The van der Waals surface area contributed by atoms with Gasteiger partial charge >= 0.3 is 0 Å². The number of nitrogens with zero attached hydrogens (tertiary/aromatic N) is 5. The summed E-state index contributed by atoms with van der Waals surface area (Å²) in [6, 6.07) is 8.10. The van der Waals surface area contributed by atoms with Crippen LogP contribution in [-0.2, 0) is 18.3 Å². The maximum absolute atomic E-state index is 6.04. The fraction of sp³-hybridized carbons (Fsp3) is 0.591. The molecule has 9 nitrogen and oxygen atoms in total. The van der Waals surface area contributed by atoms with Gasteiger partial charge < -0.3 is 24.7 Å². The molecule has 0 spiro atoms. The highest BCUT2D eigenvalue weighted by atomic mass is 16.5. The maximum atomic E-state index is 6.04. The number of benzene rings is 1. The summed E-state index contributed by atoms with van der Waals surface area (Å²) in [5.74, 6) is 3.33. The number of aromatic nitrogens is 3. The number of ether oxygens (including phenoxy) is 2. The first kappa shape index (κ1) is 23.0. The molecular formula is C22H35N7O2. The molecular weight excluding hydrogens is 394 g/mol. The van der Waals surface area contributed by atoms with Gasteiger partial charge in [-0.3, -0.25) is 4.90 Å². The van der Waals surface area contributed by atoms with E-state index in [1.54, 1.807) is 0 Å². The van der Waals surface area contributed by atoms with Crippen LogP contribution in [0.25, 0.3) is 0 Å². The molecule has 1 aliphatic heterocycles. The molecule has 1 atom stereocenters. The van der Waals surface area contributed by atoms with Crippen molar-refractivity contribution in [3.8, 4) is 5.75 Å². The Balaban J connectivity index is 1.54. The van der Waals surface area contributed by atoms with E-state index in [1.165, 1.54) is 5.56 Å². The van der Waals surface area contributed by atoms with Gasteiger partial charge in [0.15, 0.2) is 11.8 Å². The zero-order valence-electron chi connectivity index (χ0n) is 19.1. The lowest BCUT2D eigenvalue weighted by molar-refractivity contribution is 0.0389. The van der Waals surface area contributed by atoms with E-state index in [2.05, 4.69) is 38.7 Å². The zero-order valence-corrected chi connectivity index (χ0v) is 19.1. The molecule has 1 fully saturated rings.